The molecule has 0 aliphatic rings. The van der Waals surface area contributed by atoms with E-state index in [0.29, 0.717) is 23.0 Å². The summed E-state index contributed by atoms with van der Waals surface area (Å²) in [7, 11) is 2.97. The van der Waals surface area contributed by atoms with Gasteiger partial charge >= 0.3 is 0 Å². The van der Waals surface area contributed by atoms with Crippen molar-refractivity contribution < 1.29 is 23.6 Å². The van der Waals surface area contributed by atoms with E-state index in [1.165, 1.54) is 26.4 Å². The molecule has 2 aromatic carbocycles. The van der Waals surface area contributed by atoms with Crippen molar-refractivity contribution in [3.8, 4) is 22.8 Å². The van der Waals surface area contributed by atoms with Crippen molar-refractivity contribution in [3.63, 3.8) is 0 Å². The predicted octanol–water partition coefficient (Wildman–Crippen LogP) is 2.74. The van der Waals surface area contributed by atoms with Crippen LogP contribution in [0.15, 0.2) is 53.1 Å². The minimum absolute atomic E-state index is 0.245. The van der Waals surface area contributed by atoms with Crippen molar-refractivity contribution in [3.05, 3.63) is 65.4 Å². The first-order valence-corrected chi connectivity index (χ1v) is 8.39. The highest BCUT2D eigenvalue weighted by Gasteiger charge is 2.22. The van der Waals surface area contributed by atoms with Crippen LogP contribution >= 0.6 is 0 Å². The van der Waals surface area contributed by atoms with Gasteiger partial charge in [0.15, 0.2) is 0 Å². The van der Waals surface area contributed by atoms with Gasteiger partial charge in [0, 0.05) is 17.2 Å². The molecule has 0 fully saturated rings. The Balaban J connectivity index is 1.77. The number of carbonyl (C=O) groups excluding carboxylic acids is 2. The summed E-state index contributed by atoms with van der Waals surface area (Å²) < 4.78 is 15.5. The average molecular weight is 381 g/mol. The summed E-state index contributed by atoms with van der Waals surface area (Å²) in [5.41, 5.74) is 6.40. The van der Waals surface area contributed by atoms with Crippen molar-refractivity contribution in [1.29, 1.82) is 0 Å². The van der Waals surface area contributed by atoms with Gasteiger partial charge in [0.1, 0.15) is 28.5 Å². The van der Waals surface area contributed by atoms with E-state index >= 15 is 0 Å². The molecule has 0 spiro atoms. The molecule has 2 amide bonds. The van der Waals surface area contributed by atoms with E-state index in [4.69, 9.17) is 14.0 Å². The Labute approximate surface area is 161 Å². The summed E-state index contributed by atoms with van der Waals surface area (Å²) in [5, 5.41) is 3.96. The largest absolute Gasteiger partial charge is 0.497 e. The number of carbonyl (C=O) groups is 2. The van der Waals surface area contributed by atoms with Gasteiger partial charge in [0.2, 0.25) is 0 Å². The SMILES string of the molecule is COc1cc(OC)cc(C(=O)NNC(=O)c2c(-c3ccccc3)noc2C)c1. The van der Waals surface area contributed by atoms with Crippen molar-refractivity contribution in [2.45, 2.75) is 6.92 Å². The molecule has 0 saturated carbocycles. The lowest BCUT2D eigenvalue weighted by atomic mass is 10.1. The number of ether oxygens (including phenoxy) is 2. The Bertz CT molecular complexity index is 976. The molecule has 3 rings (SSSR count). The number of methoxy groups -OCH3 is 2. The summed E-state index contributed by atoms with van der Waals surface area (Å²) in [5.74, 6) is 0.185. The van der Waals surface area contributed by atoms with E-state index in [1.807, 2.05) is 30.3 Å². The van der Waals surface area contributed by atoms with Gasteiger partial charge in [0.25, 0.3) is 11.8 Å². The third-order valence-electron chi connectivity index (χ3n) is 4.04. The van der Waals surface area contributed by atoms with Crippen LogP contribution in [-0.4, -0.2) is 31.2 Å². The quantitative estimate of drug-likeness (QED) is 0.659. The minimum atomic E-state index is -0.541. The average Bonchev–Trinajstić information content (AvgIpc) is 3.13. The highest BCUT2D eigenvalue weighted by molar-refractivity contribution is 6.03. The molecule has 0 radical (unpaired) electrons. The maximum absolute atomic E-state index is 12.6. The molecule has 8 nitrogen and oxygen atoms in total. The first kappa shape index (κ1) is 19.0. The summed E-state index contributed by atoms with van der Waals surface area (Å²) in [4.78, 5) is 25.0. The molecule has 0 bridgehead atoms. The smallest absolute Gasteiger partial charge is 0.275 e. The Morgan fingerprint density at radius 1 is 0.929 bits per heavy atom. The van der Waals surface area contributed by atoms with E-state index in [9.17, 15) is 9.59 Å². The molecule has 1 aromatic heterocycles. The van der Waals surface area contributed by atoms with Crippen LogP contribution in [0.4, 0.5) is 0 Å². The maximum Gasteiger partial charge on any atom is 0.275 e. The van der Waals surface area contributed by atoms with Crippen LogP contribution < -0.4 is 20.3 Å². The molecule has 3 aromatic rings. The molecule has 8 heteroatoms. The number of amides is 2. The fourth-order valence-electron chi connectivity index (χ4n) is 2.62. The summed E-state index contributed by atoms with van der Waals surface area (Å²) in [6.45, 7) is 1.63. The van der Waals surface area contributed by atoms with Gasteiger partial charge in [-0.2, -0.15) is 0 Å². The van der Waals surface area contributed by atoms with Crippen molar-refractivity contribution in [2.24, 2.45) is 0 Å². The zero-order valence-electron chi connectivity index (χ0n) is 15.6. The fraction of sp³-hybridized carbons (Fsp3) is 0.150. The van der Waals surface area contributed by atoms with Crippen molar-refractivity contribution >= 4 is 11.8 Å². The van der Waals surface area contributed by atoms with Gasteiger partial charge < -0.3 is 14.0 Å². The summed E-state index contributed by atoms with van der Waals surface area (Å²) in [6.07, 6.45) is 0. The lowest BCUT2D eigenvalue weighted by Gasteiger charge is -2.10. The van der Waals surface area contributed by atoms with E-state index in [0.717, 1.165) is 5.56 Å². The Morgan fingerprint density at radius 3 is 2.14 bits per heavy atom. The third-order valence-corrected chi connectivity index (χ3v) is 4.04. The molecule has 0 unspecified atom stereocenters. The van der Waals surface area contributed by atoms with Crippen LogP contribution in [0.25, 0.3) is 11.3 Å². The molecule has 0 saturated heterocycles. The lowest BCUT2D eigenvalue weighted by molar-refractivity contribution is 0.0845. The first-order valence-electron chi connectivity index (χ1n) is 8.39. The van der Waals surface area contributed by atoms with Gasteiger partial charge in [0.05, 0.1) is 14.2 Å². The van der Waals surface area contributed by atoms with E-state index in [1.54, 1.807) is 13.0 Å². The van der Waals surface area contributed by atoms with Crippen LogP contribution in [0.1, 0.15) is 26.5 Å². The second-order valence-electron chi connectivity index (χ2n) is 5.84. The Morgan fingerprint density at radius 2 is 1.54 bits per heavy atom. The van der Waals surface area contributed by atoms with Gasteiger partial charge in [-0.25, -0.2) is 0 Å². The van der Waals surface area contributed by atoms with Crippen LogP contribution in [0.3, 0.4) is 0 Å². The standard InChI is InChI=1S/C20H19N3O5/c1-12-17(18(23-28-12)13-7-5-4-6-8-13)20(25)22-21-19(24)14-9-15(26-2)11-16(10-14)27-3/h4-11H,1-3H3,(H,21,24)(H,22,25). The molecule has 144 valence electrons. The number of nitrogens with one attached hydrogen (secondary N) is 2. The van der Waals surface area contributed by atoms with Gasteiger partial charge in [-0.05, 0) is 19.1 Å². The van der Waals surface area contributed by atoms with Crippen molar-refractivity contribution in [1.82, 2.24) is 16.0 Å². The van der Waals surface area contributed by atoms with Crippen LogP contribution in [0.2, 0.25) is 0 Å². The Hall–Kier alpha value is -3.81. The minimum Gasteiger partial charge on any atom is -0.497 e. The molecule has 0 atom stereocenters. The molecular formula is C20H19N3O5. The number of benzene rings is 2. The first-order chi connectivity index (χ1) is 13.5. The number of nitrogens with zero attached hydrogens (tertiary/aromatic N) is 1. The van der Waals surface area contributed by atoms with Gasteiger partial charge in [-0.1, -0.05) is 35.5 Å². The zero-order chi connectivity index (χ0) is 20.1. The predicted molar refractivity (Wildman–Crippen MR) is 101 cm³/mol. The highest BCUT2D eigenvalue weighted by atomic mass is 16.5. The topological polar surface area (TPSA) is 103 Å². The number of rotatable bonds is 5. The van der Waals surface area contributed by atoms with Crippen LogP contribution in [-0.2, 0) is 0 Å². The van der Waals surface area contributed by atoms with Gasteiger partial charge in [-0.3, -0.25) is 20.4 Å². The maximum atomic E-state index is 12.6. The van der Waals surface area contributed by atoms with Crippen LogP contribution in [0.5, 0.6) is 11.5 Å². The molecule has 2 N–H and O–H groups in total. The molecule has 28 heavy (non-hydrogen) atoms. The number of hydrogen-bond acceptors (Lipinski definition) is 6. The molecular weight excluding hydrogens is 362 g/mol. The van der Waals surface area contributed by atoms with Crippen LogP contribution in [0, 0.1) is 6.92 Å². The summed E-state index contributed by atoms with van der Waals surface area (Å²) >= 11 is 0. The molecule has 1 heterocycles. The van der Waals surface area contributed by atoms with E-state index < -0.39 is 11.8 Å². The Kier molecular flexibility index (Phi) is 5.59. The number of hydrazine groups is 1. The molecule has 0 aliphatic carbocycles. The van der Waals surface area contributed by atoms with E-state index in [-0.39, 0.29) is 11.1 Å². The second-order valence-corrected chi connectivity index (χ2v) is 5.84. The van der Waals surface area contributed by atoms with E-state index in [2.05, 4.69) is 16.0 Å². The zero-order valence-corrected chi connectivity index (χ0v) is 15.6. The third kappa shape index (κ3) is 3.96. The molecule has 0 aliphatic heterocycles. The van der Waals surface area contributed by atoms with Crippen molar-refractivity contribution in [2.75, 3.05) is 14.2 Å². The lowest BCUT2D eigenvalue weighted by Crippen LogP contribution is -2.41. The number of aryl methyl sites for hydroxylation is 1. The second kappa shape index (κ2) is 8.26. The summed E-state index contributed by atoms with van der Waals surface area (Å²) in [6, 6.07) is 13.9. The number of aromatic nitrogens is 1. The normalized spacial score (nSPS) is 10.2. The monoisotopic (exact) mass is 381 g/mol. The highest BCUT2D eigenvalue weighted by Crippen LogP contribution is 2.25. The van der Waals surface area contributed by atoms with Gasteiger partial charge in [-0.15, -0.1) is 0 Å². The number of hydrogen-bond donors (Lipinski definition) is 2. The fourth-order valence-corrected chi connectivity index (χ4v) is 2.62.